The van der Waals surface area contributed by atoms with Crippen LogP contribution in [-0.2, 0) is 6.54 Å². The molecule has 0 spiro atoms. The normalized spacial score (nSPS) is 11.6. The number of nitrogens with zero attached hydrogens (tertiary/aromatic N) is 1. The zero-order valence-corrected chi connectivity index (χ0v) is 13.1. The zero-order valence-electron chi connectivity index (χ0n) is 12.3. The number of hydrogen-bond acceptors (Lipinski definition) is 5. The molecule has 2 aromatic rings. The van der Waals surface area contributed by atoms with E-state index in [-0.39, 0.29) is 17.3 Å². The SMILES string of the molecule is CC(C)(CO)NCc1ccc(-c2ccc([N+](=O)[O-])cc2Cl)o1. The molecule has 22 heavy (non-hydrogen) atoms. The number of nitro benzene ring substituents is 1. The highest BCUT2D eigenvalue weighted by atomic mass is 35.5. The number of non-ortho nitro benzene ring substituents is 1. The molecule has 0 saturated carbocycles. The van der Waals surface area contributed by atoms with Crippen molar-refractivity contribution in [3.05, 3.63) is 51.2 Å². The largest absolute Gasteiger partial charge is 0.460 e. The first kappa shape index (κ1) is 16.5. The molecule has 2 N–H and O–H groups in total. The number of halogens is 1. The fourth-order valence-corrected chi connectivity index (χ4v) is 2.09. The number of furan rings is 1. The minimum atomic E-state index is -0.496. The number of aliphatic hydroxyl groups is 1. The molecule has 6 nitrogen and oxygen atoms in total. The molecule has 1 aromatic heterocycles. The maximum atomic E-state index is 10.7. The van der Waals surface area contributed by atoms with Gasteiger partial charge in [0.15, 0.2) is 0 Å². The molecule has 7 heteroatoms. The molecule has 2 rings (SSSR count). The van der Waals surface area contributed by atoms with E-state index in [2.05, 4.69) is 5.32 Å². The van der Waals surface area contributed by atoms with E-state index in [0.29, 0.717) is 23.6 Å². The highest BCUT2D eigenvalue weighted by Gasteiger charge is 2.17. The molecule has 0 aliphatic carbocycles. The summed E-state index contributed by atoms with van der Waals surface area (Å²) in [6, 6.07) is 7.81. The lowest BCUT2D eigenvalue weighted by atomic mass is 10.1. The quantitative estimate of drug-likeness (QED) is 0.628. The van der Waals surface area contributed by atoms with Gasteiger partial charge in [-0.1, -0.05) is 11.6 Å². The molecule has 0 radical (unpaired) electrons. The van der Waals surface area contributed by atoms with Crippen LogP contribution in [0.1, 0.15) is 19.6 Å². The summed E-state index contributed by atoms with van der Waals surface area (Å²) in [6.07, 6.45) is 0. The summed E-state index contributed by atoms with van der Waals surface area (Å²) in [5.74, 6) is 1.23. The number of benzene rings is 1. The Hall–Kier alpha value is -1.89. The molecule has 0 amide bonds. The minimum absolute atomic E-state index is 0.00868. The van der Waals surface area contributed by atoms with E-state index in [1.165, 1.54) is 12.1 Å². The predicted molar refractivity (Wildman–Crippen MR) is 83.8 cm³/mol. The summed E-state index contributed by atoms with van der Waals surface area (Å²) in [4.78, 5) is 10.2. The second kappa shape index (κ2) is 6.48. The van der Waals surface area contributed by atoms with E-state index in [4.69, 9.17) is 16.0 Å². The summed E-state index contributed by atoms with van der Waals surface area (Å²) in [5.41, 5.74) is 0.129. The third kappa shape index (κ3) is 3.85. The van der Waals surface area contributed by atoms with E-state index in [1.807, 2.05) is 13.8 Å². The highest BCUT2D eigenvalue weighted by molar-refractivity contribution is 6.33. The first-order valence-electron chi connectivity index (χ1n) is 6.71. The molecule has 118 valence electrons. The Morgan fingerprint density at radius 1 is 1.36 bits per heavy atom. The molecule has 0 aliphatic rings. The van der Waals surface area contributed by atoms with Gasteiger partial charge in [0.05, 0.1) is 23.1 Å². The predicted octanol–water partition coefficient (Wildman–Crippen LogP) is 3.37. The van der Waals surface area contributed by atoms with Gasteiger partial charge in [0.1, 0.15) is 11.5 Å². The number of nitro groups is 1. The van der Waals surface area contributed by atoms with E-state index in [9.17, 15) is 15.2 Å². The van der Waals surface area contributed by atoms with Crippen LogP contribution < -0.4 is 5.32 Å². The standard InChI is InChI=1S/C15H17ClN2O4/c1-15(2,9-19)17-8-11-4-6-14(22-11)12-5-3-10(18(20)21)7-13(12)16/h3-7,17,19H,8-9H2,1-2H3. The lowest BCUT2D eigenvalue weighted by Gasteiger charge is -2.22. The fraction of sp³-hybridized carbons (Fsp3) is 0.333. The van der Waals surface area contributed by atoms with Gasteiger partial charge in [0.2, 0.25) is 0 Å². The van der Waals surface area contributed by atoms with Gasteiger partial charge in [-0.15, -0.1) is 0 Å². The smallest absolute Gasteiger partial charge is 0.270 e. The van der Waals surface area contributed by atoms with Gasteiger partial charge < -0.3 is 14.8 Å². The number of aliphatic hydroxyl groups excluding tert-OH is 1. The van der Waals surface area contributed by atoms with Crippen LogP contribution in [0.15, 0.2) is 34.7 Å². The van der Waals surface area contributed by atoms with Crippen molar-refractivity contribution >= 4 is 17.3 Å². The van der Waals surface area contributed by atoms with Crippen molar-refractivity contribution in [3.8, 4) is 11.3 Å². The molecular formula is C15H17ClN2O4. The molecule has 1 heterocycles. The Morgan fingerprint density at radius 2 is 2.09 bits per heavy atom. The summed E-state index contributed by atoms with van der Waals surface area (Å²) in [5, 5.41) is 23.3. The molecule has 1 aromatic carbocycles. The topological polar surface area (TPSA) is 88.5 Å². The Kier molecular flexibility index (Phi) is 4.85. The van der Waals surface area contributed by atoms with Gasteiger partial charge in [0.25, 0.3) is 5.69 Å². The first-order valence-corrected chi connectivity index (χ1v) is 7.09. The lowest BCUT2D eigenvalue weighted by Crippen LogP contribution is -2.41. The summed E-state index contributed by atoms with van der Waals surface area (Å²) in [6.45, 7) is 4.22. The van der Waals surface area contributed by atoms with Gasteiger partial charge >= 0.3 is 0 Å². The van der Waals surface area contributed by atoms with Crippen molar-refractivity contribution in [1.82, 2.24) is 5.32 Å². The van der Waals surface area contributed by atoms with Crippen LogP contribution in [0.25, 0.3) is 11.3 Å². The Labute approximate surface area is 132 Å². The van der Waals surface area contributed by atoms with Gasteiger partial charge in [-0.2, -0.15) is 0 Å². The summed E-state index contributed by atoms with van der Waals surface area (Å²) in [7, 11) is 0. The molecule has 0 fully saturated rings. The monoisotopic (exact) mass is 324 g/mol. The van der Waals surface area contributed by atoms with Crippen LogP contribution in [-0.4, -0.2) is 22.2 Å². The molecular weight excluding hydrogens is 308 g/mol. The van der Waals surface area contributed by atoms with Crippen LogP contribution in [0, 0.1) is 10.1 Å². The van der Waals surface area contributed by atoms with E-state index in [0.717, 1.165) is 0 Å². The number of rotatable bonds is 6. The van der Waals surface area contributed by atoms with Crippen LogP contribution >= 0.6 is 11.6 Å². The van der Waals surface area contributed by atoms with Crippen molar-refractivity contribution in [2.45, 2.75) is 25.9 Å². The Morgan fingerprint density at radius 3 is 2.68 bits per heavy atom. The second-order valence-electron chi connectivity index (χ2n) is 5.58. The number of nitrogens with one attached hydrogen (secondary N) is 1. The maximum absolute atomic E-state index is 10.7. The summed E-state index contributed by atoms with van der Waals surface area (Å²) >= 11 is 6.08. The zero-order chi connectivity index (χ0) is 16.3. The Balaban J connectivity index is 2.16. The minimum Gasteiger partial charge on any atom is -0.460 e. The molecule has 0 aliphatic heterocycles. The molecule has 0 bridgehead atoms. The van der Waals surface area contributed by atoms with Crippen molar-refractivity contribution < 1.29 is 14.4 Å². The number of hydrogen-bond donors (Lipinski definition) is 2. The van der Waals surface area contributed by atoms with Gasteiger partial charge in [-0.25, -0.2) is 0 Å². The first-order chi connectivity index (χ1) is 10.3. The molecule has 0 saturated heterocycles. The highest BCUT2D eigenvalue weighted by Crippen LogP contribution is 2.32. The second-order valence-corrected chi connectivity index (χ2v) is 5.99. The van der Waals surface area contributed by atoms with Crippen LogP contribution in [0.4, 0.5) is 5.69 Å². The third-order valence-corrected chi connectivity index (χ3v) is 3.54. The van der Waals surface area contributed by atoms with E-state index >= 15 is 0 Å². The van der Waals surface area contributed by atoms with Crippen molar-refractivity contribution in [3.63, 3.8) is 0 Å². The van der Waals surface area contributed by atoms with Crippen molar-refractivity contribution in [2.24, 2.45) is 0 Å². The summed E-state index contributed by atoms with van der Waals surface area (Å²) < 4.78 is 5.69. The van der Waals surface area contributed by atoms with Crippen LogP contribution in [0.2, 0.25) is 5.02 Å². The molecule has 0 unspecified atom stereocenters. The van der Waals surface area contributed by atoms with Gasteiger partial charge in [0, 0.05) is 23.2 Å². The lowest BCUT2D eigenvalue weighted by molar-refractivity contribution is -0.384. The molecule has 0 atom stereocenters. The fourth-order valence-electron chi connectivity index (χ4n) is 1.82. The van der Waals surface area contributed by atoms with Gasteiger partial charge in [-0.05, 0) is 32.0 Å². The average molecular weight is 325 g/mol. The van der Waals surface area contributed by atoms with Crippen LogP contribution in [0.3, 0.4) is 0 Å². The van der Waals surface area contributed by atoms with Gasteiger partial charge in [-0.3, -0.25) is 10.1 Å². The maximum Gasteiger partial charge on any atom is 0.270 e. The van der Waals surface area contributed by atoms with Crippen LogP contribution in [0.5, 0.6) is 0 Å². The average Bonchev–Trinajstić information content (AvgIpc) is 2.94. The van der Waals surface area contributed by atoms with E-state index in [1.54, 1.807) is 18.2 Å². The third-order valence-electron chi connectivity index (χ3n) is 3.23. The van der Waals surface area contributed by atoms with E-state index < -0.39 is 10.5 Å². The van der Waals surface area contributed by atoms with Crippen molar-refractivity contribution in [2.75, 3.05) is 6.61 Å². The Bertz CT molecular complexity index is 682. The van der Waals surface area contributed by atoms with Crippen molar-refractivity contribution in [1.29, 1.82) is 0 Å².